The van der Waals surface area contributed by atoms with Gasteiger partial charge in [-0.05, 0) is 12.3 Å². The maximum Gasteiger partial charge on any atom is 0.311 e. The molecule has 4 heteroatoms. The summed E-state index contributed by atoms with van der Waals surface area (Å²) in [5, 5.41) is 8.48. The van der Waals surface area contributed by atoms with Gasteiger partial charge in [0.1, 0.15) is 6.42 Å². The predicted molar refractivity (Wildman–Crippen MR) is 54.8 cm³/mol. The van der Waals surface area contributed by atoms with E-state index >= 15 is 0 Å². The summed E-state index contributed by atoms with van der Waals surface area (Å²) in [7, 11) is 0. The molecule has 1 aromatic carbocycles. The largest absolute Gasteiger partial charge is 0.481 e. The molecule has 0 fully saturated rings. The summed E-state index contributed by atoms with van der Waals surface area (Å²) in [6.45, 7) is 0. The van der Waals surface area contributed by atoms with Crippen molar-refractivity contribution in [3.63, 3.8) is 0 Å². The van der Waals surface area contributed by atoms with Gasteiger partial charge in [0.2, 0.25) is 0 Å². The second-order valence-corrected chi connectivity index (χ2v) is 3.54. The molecule has 1 N–H and O–H groups in total. The molecule has 0 unspecified atom stereocenters. The van der Waals surface area contributed by atoms with Gasteiger partial charge < -0.3 is 5.11 Å². The lowest BCUT2D eigenvalue weighted by atomic mass is 10.1. The maximum atomic E-state index is 11.4. The van der Waals surface area contributed by atoms with E-state index in [0.717, 1.165) is 4.90 Å². The van der Waals surface area contributed by atoms with Crippen molar-refractivity contribution in [2.24, 2.45) is 0 Å². The molecule has 0 aliphatic heterocycles. The van der Waals surface area contributed by atoms with Gasteiger partial charge in [-0.25, -0.2) is 0 Å². The van der Waals surface area contributed by atoms with Crippen molar-refractivity contribution in [1.29, 1.82) is 0 Å². The molecular formula is C10H10O3S. The number of carboxylic acid groups (broad SMARTS) is 1. The van der Waals surface area contributed by atoms with Crippen LogP contribution in [0.5, 0.6) is 0 Å². The van der Waals surface area contributed by atoms with Crippen molar-refractivity contribution >= 4 is 23.5 Å². The predicted octanol–water partition coefficient (Wildman–Crippen LogP) is 2.07. The number of hydrogen-bond donors (Lipinski definition) is 1. The Balaban J connectivity index is 2.94. The Bertz CT molecular complexity index is 360. The van der Waals surface area contributed by atoms with Crippen LogP contribution in [-0.2, 0) is 4.79 Å². The second-order valence-electron chi connectivity index (χ2n) is 2.69. The van der Waals surface area contributed by atoms with E-state index in [0.29, 0.717) is 5.56 Å². The highest BCUT2D eigenvalue weighted by Gasteiger charge is 2.13. The molecule has 0 spiro atoms. The number of rotatable bonds is 4. The number of carbonyl (C=O) groups is 2. The Labute approximate surface area is 86.1 Å². The van der Waals surface area contributed by atoms with E-state index in [1.54, 1.807) is 18.2 Å². The molecule has 0 bridgehead atoms. The molecular weight excluding hydrogens is 200 g/mol. The van der Waals surface area contributed by atoms with Crippen LogP contribution in [0.3, 0.4) is 0 Å². The number of carbonyl (C=O) groups excluding carboxylic acids is 1. The third kappa shape index (κ3) is 2.60. The highest BCUT2D eigenvalue weighted by molar-refractivity contribution is 7.98. The number of thioether (sulfide) groups is 1. The third-order valence-corrected chi connectivity index (χ3v) is 2.51. The fraction of sp³-hybridized carbons (Fsp3) is 0.200. The smallest absolute Gasteiger partial charge is 0.311 e. The monoisotopic (exact) mass is 210 g/mol. The van der Waals surface area contributed by atoms with Crippen LogP contribution >= 0.6 is 11.8 Å². The molecule has 3 nitrogen and oxygen atoms in total. The van der Waals surface area contributed by atoms with Gasteiger partial charge >= 0.3 is 5.97 Å². The Morgan fingerprint density at radius 2 is 2.00 bits per heavy atom. The number of hydrogen-bond acceptors (Lipinski definition) is 3. The van der Waals surface area contributed by atoms with Crippen LogP contribution in [0.4, 0.5) is 0 Å². The average Bonchev–Trinajstić information content (AvgIpc) is 2.16. The zero-order valence-corrected chi connectivity index (χ0v) is 8.50. The molecule has 0 aliphatic carbocycles. The summed E-state index contributed by atoms with van der Waals surface area (Å²) in [5.41, 5.74) is 0.488. The van der Waals surface area contributed by atoms with Gasteiger partial charge in [-0.15, -0.1) is 11.8 Å². The van der Waals surface area contributed by atoms with Crippen LogP contribution in [0.25, 0.3) is 0 Å². The highest BCUT2D eigenvalue weighted by Crippen LogP contribution is 2.20. The minimum atomic E-state index is -1.09. The summed E-state index contributed by atoms with van der Waals surface area (Å²) in [4.78, 5) is 22.6. The zero-order chi connectivity index (χ0) is 10.6. The maximum absolute atomic E-state index is 11.4. The fourth-order valence-electron chi connectivity index (χ4n) is 1.11. The van der Waals surface area contributed by atoms with E-state index in [2.05, 4.69) is 0 Å². The third-order valence-electron chi connectivity index (χ3n) is 1.72. The van der Waals surface area contributed by atoms with Gasteiger partial charge in [0, 0.05) is 10.5 Å². The van der Waals surface area contributed by atoms with E-state index in [-0.39, 0.29) is 5.78 Å². The van der Waals surface area contributed by atoms with Crippen LogP contribution in [0, 0.1) is 0 Å². The lowest BCUT2D eigenvalue weighted by molar-refractivity contribution is -0.135. The first-order valence-corrected chi connectivity index (χ1v) is 5.25. The van der Waals surface area contributed by atoms with Crippen LogP contribution in [0.15, 0.2) is 29.2 Å². The molecule has 0 saturated heterocycles. The van der Waals surface area contributed by atoms with E-state index in [1.165, 1.54) is 11.8 Å². The Hall–Kier alpha value is -1.29. The molecule has 0 saturated carbocycles. The quantitative estimate of drug-likeness (QED) is 0.469. The number of ketones is 1. The van der Waals surface area contributed by atoms with Gasteiger partial charge in [-0.1, -0.05) is 18.2 Å². The lowest BCUT2D eigenvalue weighted by Gasteiger charge is -2.03. The SMILES string of the molecule is CSc1ccccc1C(=O)CC(=O)O. The summed E-state index contributed by atoms with van der Waals surface area (Å²) in [6, 6.07) is 7.01. The Kier molecular flexibility index (Phi) is 3.71. The topological polar surface area (TPSA) is 54.4 Å². The number of aliphatic carboxylic acids is 1. The first kappa shape index (κ1) is 10.8. The molecule has 0 aliphatic rings. The van der Waals surface area contributed by atoms with Gasteiger partial charge in [0.05, 0.1) is 0 Å². The lowest BCUT2D eigenvalue weighted by Crippen LogP contribution is -2.07. The average molecular weight is 210 g/mol. The molecule has 74 valence electrons. The second kappa shape index (κ2) is 4.81. The summed E-state index contributed by atoms with van der Waals surface area (Å²) >= 11 is 1.44. The van der Waals surface area contributed by atoms with E-state index in [1.807, 2.05) is 12.3 Å². The molecule has 1 aromatic rings. The van der Waals surface area contributed by atoms with Crippen LogP contribution in [0.2, 0.25) is 0 Å². The first-order chi connectivity index (χ1) is 6.65. The summed E-state index contributed by atoms with van der Waals surface area (Å²) in [5.74, 6) is -1.44. The summed E-state index contributed by atoms with van der Waals surface area (Å²) < 4.78 is 0. The molecule has 0 aromatic heterocycles. The van der Waals surface area contributed by atoms with Crippen LogP contribution < -0.4 is 0 Å². The van der Waals surface area contributed by atoms with Crippen molar-refractivity contribution in [2.45, 2.75) is 11.3 Å². The Morgan fingerprint density at radius 1 is 1.36 bits per heavy atom. The number of Topliss-reactive ketones (excluding diaryl/α,β-unsaturated/α-hetero) is 1. The van der Waals surface area contributed by atoms with Crippen molar-refractivity contribution in [2.75, 3.05) is 6.26 Å². The van der Waals surface area contributed by atoms with Crippen molar-refractivity contribution in [3.05, 3.63) is 29.8 Å². The zero-order valence-electron chi connectivity index (χ0n) is 7.69. The highest BCUT2D eigenvalue weighted by atomic mass is 32.2. The minimum absolute atomic E-state index is 0.345. The van der Waals surface area contributed by atoms with E-state index in [9.17, 15) is 9.59 Å². The minimum Gasteiger partial charge on any atom is -0.481 e. The Morgan fingerprint density at radius 3 is 2.57 bits per heavy atom. The van der Waals surface area contributed by atoms with Crippen molar-refractivity contribution in [1.82, 2.24) is 0 Å². The molecule has 0 radical (unpaired) electrons. The van der Waals surface area contributed by atoms with Crippen LogP contribution in [-0.4, -0.2) is 23.1 Å². The van der Waals surface area contributed by atoms with Gasteiger partial charge in [-0.3, -0.25) is 9.59 Å². The molecule has 0 heterocycles. The van der Waals surface area contributed by atoms with E-state index in [4.69, 9.17) is 5.11 Å². The standard InChI is InChI=1S/C10H10O3S/c1-14-9-5-3-2-4-7(9)8(11)6-10(12)13/h2-5H,6H2,1H3,(H,12,13). The fourth-order valence-corrected chi connectivity index (χ4v) is 1.72. The van der Waals surface area contributed by atoms with Gasteiger partial charge in [0.15, 0.2) is 5.78 Å². The number of benzene rings is 1. The molecule has 1 rings (SSSR count). The van der Waals surface area contributed by atoms with Crippen molar-refractivity contribution < 1.29 is 14.7 Å². The van der Waals surface area contributed by atoms with E-state index < -0.39 is 12.4 Å². The molecule has 0 atom stereocenters. The summed E-state index contributed by atoms with van der Waals surface area (Å²) in [6.07, 6.45) is 1.41. The molecule has 14 heavy (non-hydrogen) atoms. The van der Waals surface area contributed by atoms with Crippen molar-refractivity contribution in [3.8, 4) is 0 Å². The molecule has 0 amide bonds. The normalized spacial score (nSPS) is 9.79. The van der Waals surface area contributed by atoms with Gasteiger partial charge in [-0.2, -0.15) is 0 Å². The van der Waals surface area contributed by atoms with Gasteiger partial charge in [0.25, 0.3) is 0 Å². The first-order valence-electron chi connectivity index (χ1n) is 4.03. The van der Waals surface area contributed by atoms with Crippen LogP contribution in [0.1, 0.15) is 16.8 Å². The number of carboxylic acids is 1.